The third-order valence-electron chi connectivity index (χ3n) is 3.74. The molecule has 1 fully saturated rings. The van der Waals surface area contributed by atoms with Gasteiger partial charge in [0.25, 0.3) is 0 Å². The second-order valence-electron chi connectivity index (χ2n) is 5.54. The summed E-state index contributed by atoms with van der Waals surface area (Å²) in [5.41, 5.74) is 2.10. The van der Waals surface area contributed by atoms with Gasteiger partial charge >= 0.3 is 0 Å². The minimum atomic E-state index is 0.748. The van der Waals surface area contributed by atoms with Gasteiger partial charge in [0, 0.05) is 12.2 Å². The first-order valence-corrected chi connectivity index (χ1v) is 7.59. The van der Waals surface area contributed by atoms with Crippen LogP contribution in [0, 0.1) is 12.8 Å². The van der Waals surface area contributed by atoms with Crippen LogP contribution in [-0.4, -0.2) is 18.1 Å². The van der Waals surface area contributed by atoms with Crippen molar-refractivity contribution >= 4 is 0 Å². The molecule has 0 aliphatic heterocycles. The average molecular weight is 262 g/mol. The molecule has 0 aromatic carbocycles. The minimum absolute atomic E-state index is 0.748. The minimum Gasteiger partial charge on any atom is -0.491 e. The third kappa shape index (κ3) is 4.50. The van der Waals surface area contributed by atoms with Gasteiger partial charge in [0.15, 0.2) is 0 Å². The second-order valence-corrected chi connectivity index (χ2v) is 5.54. The first-order chi connectivity index (χ1) is 9.29. The van der Waals surface area contributed by atoms with Gasteiger partial charge in [-0.15, -0.1) is 0 Å². The Morgan fingerprint density at radius 2 is 2.11 bits per heavy atom. The Balaban J connectivity index is 1.92. The number of aryl methyl sites for hydroxylation is 1. The van der Waals surface area contributed by atoms with Crippen LogP contribution in [0.4, 0.5) is 0 Å². The van der Waals surface area contributed by atoms with Crippen molar-refractivity contribution < 1.29 is 4.74 Å². The zero-order valence-corrected chi connectivity index (χ0v) is 12.2. The molecule has 3 heteroatoms. The highest BCUT2D eigenvalue weighted by Gasteiger charge is 2.16. The highest BCUT2D eigenvalue weighted by Crippen LogP contribution is 2.26. The van der Waals surface area contributed by atoms with E-state index in [1.54, 1.807) is 0 Å². The van der Waals surface area contributed by atoms with Gasteiger partial charge in [0.05, 0.1) is 12.3 Å². The van der Waals surface area contributed by atoms with Crippen LogP contribution in [0.5, 0.6) is 5.75 Å². The van der Waals surface area contributed by atoms with Gasteiger partial charge in [0.1, 0.15) is 5.75 Å². The van der Waals surface area contributed by atoms with Gasteiger partial charge in [-0.3, -0.25) is 4.98 Å². The molecular weight excluding hydrogens is 236 g/mol. The molecule has 106 valence electrons. The van der Waals surface area contributed by atoms with Crippen molar-refractivity contribution in [3.8, 4) is 5.75 Å². The van der Waals surface area contributed by atoms with Crippen LogP contribution in [0.25, 0.3) is 0 Å². The average Bonchev–Trinajstić information content (AvgIpc) is 2.91. The first-order valence-electron chi connectivity index (χ1n) is 7.59. The van der Waals surface area contributed by atoms with E-state index in [4.69, 9.17) is 4.74 Å². The Kier molecular flexibility index (Phi) is 5.64. The van der Waals surface area contributed by atoms with Crippen molar-refractivity contribution in [2.45, 2.75) is 52.5 Å². The molecule has 3 nitrogen and oxygen atoms in total. The van der Waals surface area contributed by atoms with Crippen LogP contribution >= 0.6 is 0 Å². The molecule has 0 atom stereocenters. The number of rotatable bonds is 7. The third-order valence-corrected chi connectivity index (χ3v) is 3.74. The SMILES string of the molecule is CCCNCc1nc(C)ccc1OCC1CCCC1. The van der Waals surface area contributed by atoms with E-state index in [1.807, 2.05) is 13.0 Å². The summed E-state index contributed by atoms with van der Waals surface area (Å²) in [6, 6.07) is 4.10. The summed E-state index contributed by atoms with van der Waals surface area (Å²) in [5, 5.41) is 3.40. The summed E-state index contributed by atoms with van der Waals surface area (Å²) in [6.07, 6.45) is 6.52. The van der Waals surface area contributed by atoms with Gasteiger partial charge in [-0.1, -0.05) is 19.8 Å². The number of pyridine rings is 1. The van der Waals surface area contributed by atoms with E-state index in [2.05, 4.69) is 23.3 Å². The topological polar surface area (TPSA) is 34.2 Å². The number of nitrogens with one attached hydrogen (secondary N) is 1. The highest BCUT2D eigenvalue weighted by molar-refractivity contribution is 5.29. The zero-order valence-electron chi connectivity index (χ0n) is 12.2. The Morgan fingerprint density at radius 3 is 2.84 bits per heavy atom. The van der Waals surface area contributed by atoms with E-state index in [1.165, 1.54) is 25.7 Å². The summed E-state index contributed by atoms with van der Waals surface area (Å²) < 4.78 is 6.00. The lowest BCUT2D eigenvalue weighted by atomic mass is 10.1. The van der Waals surface area contributed by atoms with Crippen LogP contribution in [0.1, 0.15) is 50.4 Å². The predicted octanol–water partition coefficient (Wildman–Crippen LogP) is 3.46. The molecule has 1 aromatic rings. The Hall–Kier alpha value is -1.09. The molecule has 1 heterocycles. The lowest BCUT2D eigenvalue weighted by molar-refractivity contribution is 0.248. The summed E-state index contributed by atoms with van der Waals surface area (Å²) in [4.78, 5) is 4.60. The fourth-order valence-corrected chi connectivity index (χ4v) is 2.62. The normalized spacial score (nSPS) is 15.9. The van der Waals surface area contributed by atoms with Crippen molar-refractivity contribution in [2.24, 2.45) is 5.92 Å². The first kappa shape index (κ1) is 14.3. The van der Waals surface area contributed by atoms with Crippen molar-refractivity contribution in [3.63, 3.8) is 0 Å². The largest absolute Gasteiger partial charge is 0.491 e. The lowest BCUT2D eigenvalue weighted by Crippen LogP contribution is -2.17. The standard InChI is InChI=1S/C16H26N2O/c1-3-10-17-11-15-16(9-8-13(2)18-15)19-12-14-6-4-5-7-14/h8-9,14,17H,3-7,10-12H2,1-2H3. The Labute approximate surface area is 116 Å². The smallest absolute Gasteiger partial charge is 0.142 e. The number of ether oxygens (including phenoxy) is 1. The van der Waals surface area contributed by atoms with Gasteiger partial charge in [-0.05, 0) is 50.8 Å². The molecule has 1 aliphatic carbocycles. The predicted molar refractivity (Wildman–Crippen MR) is 78.4 cm³/mol. The maximum atomic E-state index is 6.00. The maximum Gasteiger partial charge on any atom is 0.142 e. The molecule has 0 spiro atoms. The van der Waals surface area contributed by atoms with Crippen LogP contribution in [0.3, 0.4) is 0 Å². The molecule has 19 heavy (non-hydrogen) atoms. The van der Waals surface area contributed by atoms with Crippen LogP contribution in [-0.2, 0) is 6.54 Å². The monoisotopic (exact) mass is 262 g/mol. The Morgan fingerprint density at radius 1 is 1.32 bits per heavy atom. The summed E-state index contributed by atoms with van der Waals surface area (Å²) in [7, 11) is 0. The summed E-state index contributed by atoms with van der Waals surface area (Å²) >= 11 is 0. The molecule has 0 radical (unpaired) electrons. The van der Waals surface area contributed by atoms with Crippen LogP contribution in [0.2, 0.25) is 0 Å². The second kappa shape index (κ2) is 7.49. The molecule has 1 aliphatic rings. The van der Waals surface area contributed by atoms with E-state index in [-0.39, 0.29) is 0 Å². The van der Waals surface area contributed by atoms with Gasteiger partial charge in [-0.2, -0.15) is 0 Å². The van der Waals surface area contributed by atoms with Crippen molar-refractivity contribution in [1.82, 2.24) is 10.3 Å². The highest BCUT2D eigenvalue weighted by atomic mass is 16.5. The van der Waals surface area contributed by atoms with Crippen LogP contribution < -0.4 is 10.1 Å². The van der Waals surface area contributed by atoms with E-state index < -0.39 is 0 Å². The molecular formula is C16H26N2O. The van der Waals surface area contributed by atoms with Gasteiger partial charge in [-0.25, -0.2) is 0 Å². The van der Waals surface area contributed by atoms with E-state index in [0.717, 1.165) is 49.2 Å². The zero-order chi connectivity index (χ0) is 13.5. The van der Waals surface area contributed by atoms with E-state index in [0.29, 0.717) is 0 Å². The lowest BCUT2D eigenvalue weighted by Gasteiger charge is -2.15. The summed E-state index contributed by atoms with van der Waals surface area (Å²) in [6.45, 7) is 6.89. The fraction of sp³-hybridized carbons (Fsp3) is 0.688. The molecule has 1 saturated carbocycles. The van der Waals surface area contributed by atoms with Crippen molar-refractivity contribution in [2.75, 3.05) is 13.2 Å². The number of nitrogens with zero attached hydrogens (tertiary/aromatic N) is 1. The molecule has 0 bridgehead atoms. The molecule has 1 N–H and O–H groups in total. The van der Waals surface area contributed by atoms with Crippen molar-refractivity contribution in [1.29, 1.82) is 0 Å². The van der Waals surface area contributed by atoms with E-state index in [9.17, 15) is 0 Å². The molecule has 1 aromatic heterocycles. The van der Waals surface area contributed by atoms with Gasteiger partial charge in [0.2, 0.25) is 0 Å². The number of hydrogen-bond acceptors (Lipinski definition) is 3. The number of hydrogen-bond donors (Lipinski definition) is 1. The van der Waals surface area contributed by atoms with Gasteiger partial charge < -0.3 is 10.1 Å². The molecule has 2 rings (SSSR count). The number of aromatic nitrogens is 1. The summed E-state index contributed by atoms with van der Waals surface area (Å²) in [5.74, 6) is 1.71. The maximum absolute atomic E-state index is 6.00. The Bertz CT molecular complexity index is 386. The molecule has 0 amide bonds. The molecule has 0 unspecified atom stereocenters. The van der Waals surface area contributed by atoms with Crippen LogP contribution in [0.15, 0.2) is 12.1 Å². The molecule has 0 saturated heterocycles. The quantitative estimate of drug-likeness (QED) is 0.764. The van der Waals surface area contributed by atoms with Crippen molar-refractivity contribution in [3.05, 3.63) is 23.5 Å². The fourth-order valence-electron chi connectivity index (χ4n) is 2.62. The van der Waals surface area contributed by atoms with E-state index >= 15 is 0 Å².